The standard InChI is InChI=1S/C13H13BrN4O2S/c1-2-5-15-11-7-9(18(19)20)8-12(17-11)21-13-10(14)4-3-6-16-13/h3-4,6-8H,2,5H2,1H3,(H,15,17). The van der Waals surface area contributed by atoms with E-state index in [0.717, 1.165) is 10.9 Å². The summed E-state index contributed by atoms with van der Waals surface area (Å²) in [6.07, 6.45) is 2.58. The number of nitrogens with one attached hydrogen (secondary N) is 1. The van der Waals surface area contributed by atoms with E-state index < -0.39 is 4.92 Å². The molecule has 0 aliphatic rings. The molecule has 0 radical (unpaired) electrons. The van der Waals surface area contributed by atoms with Crippen molar-refractivity contribution in [2.45, 2.75) is 23.4 Å². The van der Waals surface area contributed by atoms with Gasteiger partial charge in [0.1, 0.15) is 15.9 Å². The highest BCUT2D eigenvalue weighted by Crippen LogP contribution is 2.33. The average Bonchev–Trinajstić information content (AvgIpc) is 2.47. The summed E-state index contributed by atoms with van der Waals surface area (Å²) in [7, 11) is 0. The monoisotopic (exact) mass is 368 g/mol. The lowest BCUT2D eigenvalue weighted by molar-refractivity contribution is -0.385. The second kappa shape index (κ2) is 7.37. The maximum absolute atomic E-state index is 11.0. The molecule has 110 valence electrons. The van der Waals surface area contributed by atoms with Gasteiger partial charge in [0.15, 0.2) is 0 Å². The Hall–Kier alpha value is -1.67. The number of rotatable bonds is 6. The Kier molecular flexibility index (Phi) is 5.51. The maximum Gasteiger partial charge on any atom is 0.275 e. The van der Waals surface area contributed by atoms with Gasteiger partial charge in [0.2, 0.25) is 0 Å². The van der Waals surface area contributed by atoms with Crippen molar-refractivity contribution < 1.29 is 4.92 Å². The summed E-state index contributed by atoms with van der Waals surface area (Å²) in [5.41, 5.74) is 0.0122. The fourth-order valence-electron chi connectivity index (χ4n) is 1.54. The SMILES string of the molecule is CCCNc1cc([N+](=O)[O-])cc(Sc2ncccc2Br)n1. The van der Waals surface area contributed by atoms with Crippen LogP contribution in [0.25, 0.3) is 0 Å². The topological polar surface area (TPSA) is 81.0 Å². The minimum absolute atomic E-state index is 0.0122. The molecule has 21 heavy (non-hydrogen) atoms. The molecule has 0 atom stereocenters. The number of anilines is 1. The van der Waals surface area contributed by atoms with E-state index in [1.807, 2.05) is 19.1 Å². The van der Waals surface area contributed by atoms with Crippen molar-refractivity contribution in [2.75, 3.05) is 11.9 Å². The fourth-order valence-corrected chi connectivity index (χ4v) is 2.84. The van der Waals surface area contributed by atoms with Gasteiger partial charge < -0.3 is 5.32 Å². The number of hydrogen-bond acceptors (Lipinski definition) is 6. The lowest BCUT2D eigenvalue weighted by Crippen LogP contribution is -2.03. The predicted octanol–water partition coefficient (Wildman–Crippen LogP) is 4.12. The van der Waals surface area contributed by atoms with Crippen molar-refractivity contribution in [3.05, 3.63) is 45.0 Å². The van der Waals surface area contributed by atoms with Crippen molar-refractivity contribution in [3.8, 4) is 0 Å². The summed E-state index contributed by atoms with van der Waals surface area (Å²) in [5.74, 6) is 0.501. The smallest absolute Gasteiger partial charge is 0.275 e. The van der Waals surface area contributed by atoms with Gasteiger partial charge in [0, 0.05) is 18.8 Å². The number of nitro groups is 1. The fraction of sp³-hybridized carbons (Fsp3) is 0.231. The van der Waals surface area contributed by atoms with Crippen molar-refractivity contribution in [2.24, 2.45) is 0 Å². The Balaban J connectivity index is 2.31. The van der Waals surface area contributed by atoms with Gasteiger partial charge in [0.25, 0.3) is 5.69 Å². The van der Waals surface area contributed by atoms with Gasteiger partial charge >= 0.3 is 0 Å². The van der Waals surface area contributed by atoms with E-state index in [2.05, 4.69) is 31.2 Å². The molecular weight excluding hydrogens is 356 g/mol. The lowest BCUT2D eigenvalue weighted by atomic mass is 10.4. The average molecular weight is 369 g/mol. The van der Waals surface area contributed by atoms with Crippen molar-refractivity contribution in [1.29, 1.82) is 0 Å². The molecule has 0 bridgehead atoms. The molecule has 0 aromatic carbocycles. The van der Waals surface area contributed by atoms with Crippen molar-refractivity contribution in [1.82, 2.24) is 9.97 Å². The summed E-state index contributed by atoms with van der Waals surface area (Å²) >= 11 is 4.68. The number of nitrogens with zero attached hydrogens (tertiary/aromatic N) is 3. The molecule has 0 aliphatic carbocycles. The first-order valence-electron chi connectivity index (χ1n) is 6.29. The van der Waals surface area contributed by atoms with E-state index in [1.165, 1.54) is 23.9 Å². The van der Waals surface area contributed by atoms with E-state index in [0.29, 0.717) is 22.4 Å². The minimum atomic E-state index is -0.420. The van der Waals surface area contributed by atoms with E-state index in [1.54, 1.807) is 6.20 Å². The first-order valence-corrected chi connectivity index (χ1v) is 7.90. The molecule has 0 aliphatic heterocycles. The summed E-state index contributed by atoms with van der Waals surface area (Å²) in [5, 5.41) is 15.3. The van der Waals surface area contributed by atoms with Crippen LogP contribution in [0.2, 0.25) is 0 Å². The van der Waals surface area contributed by atoms with Crippen LogP contribution in [-0.4, -0.2) is 21.4 Å². The second-order valence-electron chi connectivity index (χ2n) is 4.13. The molecular formula is C13H13BrN4O2S. The van der Waals surface area contributed by atoms with Crippen LogP contribution in [0.4, 0.5) is 11.5 Å². The molecule has 2 rings (SSSR count). The molecule has 1 N–H and O–H groups in total. The first-order chi connectivity index (χ1) is 10.1. The first kappa shape index (κ1) is 15.7. The molecule has 6 nitrogen and oxygen atoms in total. The van der Waals surface area contributed by atoms with Crippen LogP contribution >= 0.6 is 27.7 Å². The number of pyridine rings is 2. The quantitative estimate of drug-likeness (QED) is 0.609. The van der Waals surface area contributed by atoms with Crippen LogP contribution in [0.5, 0.6) is 0 Å². The summed E-state index contributed by atoms with van der Waals surface area (Å²) in [6.45, 7) is 2.73. The Morgan fingerprint density at radius 2 is 2.29 bits per heavy atom. The van der Waals surface area contributed by atoms with Crippen LogP contribution in [0.1, 0.15) is 13.3 Å². The third-order valence-corrected chi connectivity index (χ3v) is 4.32. The maximum atomic E-state index is 11.0. The molecule has 2 aromatic rings. The van der Waals surface area contributed by atoms with Gasteiger partial charge in [-0.2, -0.15) is 0 Å². The molecule has 2 aromatic heterocycles. The van der Waals surface area contributed by atoms with Crippen LogP contribution in [0.15, 0.2) is 45.0 Å². The lowest BCUT2D eigenvalue weighted by Gasteiger charge is -2.07. The van der Waals surface area contributed by atoms with Gasteiger partial charge in [-0.05, 0) is 46.2 Å². The van der Waals surface area contributed by atoms with Crippen LogP contribution < -0.4 is 5.32 Å². The summed E-state index contributed by atoms with van der Waals surface area (Å²) in [4.78, 5) is 19.2. The van der Waals surface area contributed by atoms with Crippen LogP contribution in [0.3, 0.4) is 0 Å². The van der Waals surface area contributed by atoms with E-state index in [9.17, 15) is 10.1 Å². The van der Waals surface area contributed by atoms with E-state index in [4.69, 9.17) is 0 Å². The van der Waals surface area contributed by atoms with Gasteiger partial charge in [-0.15, -0.1) is 0 Å². The molecule has 0 saturated heterocycles. The molecule has 0 amide bonds. The van der Waals surface area contributed by atoms with Crippen LogP contribution in [0, 0.1) is 10.1 Å². The Labute approximate surface area is 134 Å². The van der Waals surface area contributed by atoms with E-state index in [-0.39, 0.29) is 5.69 Å². The summed E-state index contributed by atoms with van der Waals surface area (Å²) < 4.78 is 0.825. The molecule has 0 fully saturated rings. The molecule has 2 heterocycles. The van der Waals surface area contributed by atoms with Gasteiger partial charge in [-0.3, -0.25) is 10.1 Å². The number of hydrogen-bond donors (Lipinski definition) is 1. The Morgan fingerprint density at radius 1 is 1.48 bits per heavy atom. The highest BCUT2D eigenvalue weighted by Gasteiger charge is 2.13. The molecule has 0 spiro atoms. The third-order valence-electron chi connectivity index (χ3n) is 2.48. The highest BCUT2D eigenvalue weighted by atomic mass is 79.9. The number of aromatic nitrogens is 2. The number of halogens is 1. The highest BCUT2D eigenvalue weighted by molar-refractivity contribution is 9.10. The molecule has 8 heteroatoms. The van der Waals surface area contributed by atoms with Crippen molar-refractivity contribution in [3.63, 3.8) is 0 Å². The Morgan fingerprint density at radius 3 is 2.95 bits per heavy atom. The summed E-state index contributed by atoms with van der Waals surface area (Å²) in [6, 6.07) is 6.56. The van der Waals surface area contributed by atoms with E-state index >= 15 is 0 Å². The van der Waals surface area contributed by atoms with Crippen molar-refractivity contribution >= 4 is 39.2 Å². The zero-order valence-electron chi connectivity index (χ0n) is 11.2. The van der Waals surface area contributed by atoms with Gasteiger partial charge in [0.05, 0.1) is 15.5 Å². The largest absolute Gasteiger partial charge is 0.370 e. The molecule has 0 saturated carbocycles. The zero-order chi connectivity index (χ0) is 15.2. The predicted molar refractivity (Wildman–Crippen MR) is 85.7 cm³/mol. The normalized spacial score (nSPS) is 10.4. The second-order valence-corrected chi connectivity index (χ2v) is 5.99. The van der Waals surface area contributed by atoms with Gasteiger partial charge in [-0.1, -0.05) is 6.92 Å². The zero-order valence-corrected chi connectivity index (χ0v) is 13.6. The Bertz CT molecular complexity index is 654. The third kappa shape index (κ3) is 4.40. The van der Waals surface area contributed by atoms with Gasteiger partial charge in [-0.25, -0.2) is 9.97 Å². The van der Waals surface area contributed by atoms with Crippen LogP contribution in [-0.2, 0) is 0 Å². The minimum Gasteiger partial charge on any atom is -0.370 e. The molecule has 0 unspecified atom stereocenters.